The topological polar surface area (TPSA) is 26.0 Å². The lowest BCUT2D eigenvalue weighted by Gasteiger charge is -2.14. The van der Waals surface area contributed by atoms with Crippen LogP contribution in [0, 0.1) is 0 Å². The molecule has 1 atom stereocenters. The maximum atomic E-state index is 12.0. The van der Waals surface area contributed by atoms with Gasteiger partial charge in [0.05, 0.1) is 0 Å². The van der Waals surface area contributed by atoms with Crippen molar-refractivity contribution < 1.29 is 13.2 Å². The normalized spacial score (nSPS) is 13.8. The second-order valence-electron chi connectivity index (χ2n) is 3.85. The summed E-state index contributed by atoms with van der Waals surface area (Å²) in [6.45, 7) is 0. The van der Waals surface area contributed by atoms with E-state index in [2.05, 4.69) is 0 Å². The lowest BCUT2D eigenvalue weighted by atomic mass is 10.0. The van der Waals surface area contributed by atoms with Crippen LogP contribution >= 0.6 is 23.2 Å². The highest BCUT2D eigenvalue weighted by atomic mass is 35.5. The van der Waals surface area contributed by atoms with Gasteiger partial charge in [-0.05, 0) is 36.6 Å². The molecule has 96 valence electrons. The van der Waals surface area contributed by atoms with Crippen molar-refractivity contribution in [1.29, 1.82) is 0 Å². The van der Waals surface area contributed by atoms with E-state index in [1.165, 1.54) is 0 Å². The van der Waals surface area contributed by atoms with Gasteiger partial charge in [0.25, 0.3) is 0 Å². The molecule has 6 heteroatoms. The molecule has 2 N–H and O–H groups in total. The molecule has 0 spiro atoms. The molecule has 0 saturated carbocycles. The smallest absolute Gasteiger partial charge is 0.327 e. The highest BCUT2D eigenvalue weighted by molar-refractivity contribution is 6.33. The maximum Gasteiger partial charge on any atom is 0.389 e. The van der Waals surface area contributed by atoms with Gasteiger partial charge < -0.3 is 5.73 Å². The summed E-state index contributed by atoms with van der Waals surface area (Å²) < 4.78 is 36.0. The third kappa shape index (κ3) is 5.61. The Balaban J connectivity index is 2.56. The number of hydrogen-bond donors (Lipinski definition) is 1. The van der Waals surface area contributed by atoms with Crippen molar-refractivity contribution >= 4 is 23.2 Å². The zero-order valence-electron chi connectivity index (χ0n) is 8.90. The molecule has 17 heavy (non-hydrogen) atoms. The summed E-state index contributed by atoms with van der Waals surface area (Å²) in [5, 5.41) is 0.962. The van der Waals surface area contributed by atoms with Crippen molar-refractivity contribution in [2.75, 3.05) is 0 Å². The lowest BCUT2D eigenvalue weighted by molar-refractivity contribution is -0.136. The Morgan fingerprint density at radius 3 is 2.47 bits per heavy atom. The molecule has 0 heterocycles. The average Bonchev–Trinajstić information content (AvgIpc) is 2.20. The van der Waals surface area contributed by atoms with Crippen LogP contribution in [0.4, 0.5) is 13.2 Å². The van der Waals surface area contributed by atoms with Gasteiger partial charge in [0.15, 0.2) is 0 Å². The number of hydrogen-bond acceptors (Lipinski definition) is 1. The van der Waals surface area contributed by atoms with Gasteiger partial charge in [0, 0.05) is 22.5 Å². The molecule has 0 radical (unpaired) electrons. The van der Waals surface area contributed by atoms with Crippen molar-refractivity contribution in [2.24, 2.45) is 5.73 Å². The summed E-state index contributed by atoms with van der Waals surface area (Å²) in [6.07, 6.45) is -4.89. The molecule has 0 amide bonds. The monoisotopic (exact) mass is 285 g/mol. The van der Waals surface area contributed by atoms with E-state index in [9.17, 15) is 13.2 Å². The minimum Gasteiger partial charge on any atom is -0.327 e. The van der Waals surface area contributed by atoms with E-state index in [1.54, 1.807) is 18.2 Å². The minimum atomic E-state index is -4.17. The van der Waals surface area contributed by atoms with Crippen LogP contribution in [0.1, 0.15) is 18.4 Å². The maximum absolute atomic E-state index is 12.0. The Labute approximate surface area is 108 Å². The Hall–Kier alpha value is -0.450. The van der Waals surface area contributed by atoms with Gasteiger partial charge in [-0.3, -0.25) is 0 Å². The van der Waals surface area contributed by atoms with Crippen LogP contribution < -0.4 is 5.73 Å². The van der Waals surface area contributed by atoms with Crippen molar-refractivity contribution in [3.63, 3.8) is 0 Å². The van der Waals surface area contributed by atoms with Crippen LogP contribution in [0.3, 0.4) is 0 Å². The van der Waals surface area contributed by atoms with E-state index >= 15 is 0 Å². The molecule has 0 fully saturated rings. The molecule has 1 aromatic carbocycles. The molecule has 1 nitrogen and oxygen atoms in total. The molecule has 0 aliphatic rings. The molecule has 1 aromatic rings. The van der Waals surface area contributed by atoms with Gasteiger partial charge in [-0.15, -0.1) is 0 Å². The van der Waals surface area contributed by atoms with E-state index in [0.29, 0.717) is 15.6 Å². The molecule has 0 bridgehead atoms. The fourth-order valence-electron chi connectivity index (χ4n) is 1.43. The zero-order chi connectivity index (χ0) is 13.1. The van der Waals surface area contributed by atoms with E-state index in [4.69, 9.17) is 28.9 Å². The van der Waals surface area contributed by atoms with E-state index in [1.807, 2.05) is 0 Å². The van der Waals surface area contributed by atoms with Crippen LogP contribution in [-0.2, 0) is 6.42 Å². The van der Waals surface area contributed by atoms with Crippen LogP contribution in [0.15, 0.2) is 18.2 Å². The van der Waals surface area contributed by atoms with Gasteiger partial charge in [0.1, 0.15) is 0 Å². The van der Waals surface area contributed by atoms with E-state index in [0.717, 1.165) is 0 Å². The van der Waals surface area contributed by atoms with Crippen LogP contribution in [0.5, 0.6) is 0 Å². The van der Waals surface area contributed by atoms with Gasteiger partial charge in [-0.1, -0.05) is 23.2 Å². The molecule has 0 saturated heterocycles. The van der Waals surface area contributed by atoms with E-state index < -0.39 is 18.6 Å². The largest absolute Gasteiger partial charge is 0.389 e. The van der Waals surface area contributed by atoms with Crippen molar-refractivity contribution in [1.82, 2.24) is 0 Å². The third-order valence-corrected chi connectivity index (χ3v) is 2.89. The van der Waals surface area contributed by atoms with Crippen LogP contribution in [-0.4, -0.2) is 12.2 Å². The quantitative estimate of drug-likeness (QED) is 0.881. The highest BCUT2D eigenvalue weighted by Gasteiger charge is 2.27. The second-order valence-corrected chi connectivity index (χ2v) is 4.70. The summed E-state index contributed by atoms with van der Waals surface area (Å²) in [7, 11) is 0. The molecule has 1 unspecified atom stereocenters. The SMILES string of the molecule is NC(CCC(F)(F)F)Cc1cc(Cl)ccc1Cl. The summed E-state index contributed by atoms with van der Waals surface area (Å²) in [4.78, 5) is 0. The summed E-state index contributed by atoms with van der Waals surface area (Å²) in [5.74, 6) is 0. The fraction of sp³-hybridized carbons (Fsp3) is 0.455. The highest BCUT2D eigenvalue weighted by Crippen LogP contribution is 2.25. The van der Waals surface area contributed by atoms with E-state index in [-0.39, 0.29) is 12.8 Å². The molecular weight excluding hydrogens is 274 g/mol. The number of rotatable bonds is 4. The van der Waals surface area contributed by atoms with Crippen LogP contribution in [0.25, 0.3) is 0 Å². The number of halogens is 5. The summed E-state index contributed by atoms with van der Waals surface area (Å²) in [6, 6.07) is 4.27. The molecular formula is C11H12Cl2F3N. The Morgan fingerprint density at radius 1 is 1.24 bits per heavy atom. The molecule has 0 aliphatic heterocycles. The van der Waals surface area contributed by atoms with Gasteiger partial charge in [-0.25, -0.2) is 0 Å². The average molecular weight is 286 g/mol. The Kier molecular flexibility index (Phi) is 5.10. The Morgan fingerprint density at radius 2 is 1.88 bits per heavy atom. The lowest BCUT2D eigenvalue weighted by Crippen LogP contribution is -2.25. The summed E-state index contributed by atoms with van der Waals surface area (Å²) >= 11 is 11.7. The minimum absolute atomic E-state index is 0.119. The predicted molar refractivity (Wildman–Crippen MR) is 63.4 cm³/mol. The summed E-state index contributed by atoms with van der Waals surface area (Å²) in [5.41, 5.74) is 6.30. The third-order valence-electron chi connectivity index (χ3n) is 2.29. The molecule has 0 aromatic heterocycles. The first kappa shape index (κ1) is 14.6. The van der Waals surface area contributed by atoms with Crippen molar-refractivity contribution in [3.8, 4) is 0 Å². The molecule has 1 rings (SSSR count). The number of benzene rings is 1. The predicted octanol–water partition coefficient (Wildman–Crippen LogP) is 4.21. The van der Waals surface area contributed by atoms with Gasteiger partial charge in [0.2, 0.25) is 0 Å². The standard InChI is InChI=1S/C11H12Cl2F3N/c12-8-1-2-10(13)7(5-8)6-9(17)3-4-11(14,15)16/h1-2,5,9H,3-4,6,17H2. The van der Waals surface area contributed by atoms with Gasteiger partial charge >= 0.3 is 6.18 Å². The first-order valence-corrected chi connectivity index (χ1v) is 5.80. The van der Waals surface area contributed by atoms with Gasteiger partial charge in [-0.2, -0.15) is 13.2 Å². The van der Waals surface area contributed by atoms with Crippen molar-refractivity contribution in [2.45, 2.75) is 31.5 Å². The first-order chi connectivity index (χ1) is 7.78. The van der Waals surface area contributed by atoms with Crippen LogP contribution in [0.2, 0.25) is 10.0 Å². The Bertz CT molecular complexity index is 379. The zero-order valence-corrected chi connectivity index (χ0v) is 10.4. The first-order valence-electron chi connectivity index (χ1n) is 5.04. The van der Waals surface area contributed by atoms with Crippen molar-refractivity contribution in [3.05, 3.63) is 33.8 Å². The number of alkyl halides is 3. The molecule has 0 aliphatic carbocycles. The fourth-order valence-corrected chi connectivity index (χ4v) is 1.82. The number of nitrogens with two attached hydrogens (primary N) is 1. The second kappa shape index (κ2) is 5.94.